The molecule has 0 aliphatic heterocycles. The lowest BCUT2D eigenvalue weighted by Crippen LogP contribution is -2.18. The number of aliphatic hydroxyl groups is 1. The Hall–Kier alpha value is -2.32. The summed E-state index contributed by atoms with van der Waals surface area (Å²) in [6.45, 7) is 0. The Morgan fingerprint density at radius 3 is 2.38 bits per heavy atom. The SMILES string of the molecule is COC(O)c1sc(Cl)cc1S(=O)(=O)Nc1ccc(Cl)cc1NS(=O)(=O)c1cc2ccccc2o1. The maximum Gasteiger partial charge on any atom is 0.295 e. The molecule has 0 fully saturated rings. The van der Waals surface area contributed by atoms with Crippen LogP contribution in [0.2, 0.25) is 9.36 Å². The van der Waals surface area contributed by atoms with Crippen molar-refractivity contribution in [3.05, 3.63) is 68.8 Å². The highest BCUT2D eigenvalue weighted by Crippen LogP contribution is 2.37. The third-order valence-corrected chi connectivity index (χ3v) is 8.85. The van der Waals surface area contributed by atoms with E-state index >= 15 is 0 Å². The smallest absolute Gasteiger partial charge is 0.295 e. The molecule has 1 unspecified atom stereocenters. The van der Waals surface area contributed by atoms with Gasteiger partial charge in [-0.05, 0) is 30.3 Å². The van der Waals surface area contributed by atoms with Gasteiger partial charge in [0.05, 0.1) is 20.6 Å². The molecule has 0 saturated heterocycles. The second-order valence-corrected chi connectivity index (χ2v) is 12.3. The first kappa shape index (κ1) is 24.8. The van der Waals surface area contributed by atoms with Crippen LogP contribution in [0.3, 0.4) is 0 Å². The van der Waals surface area contributed by atoms with Gasteiger partial charge < -0.3 is 14.3 Å². The summed E-state index contributed by atoms with van der Waals surface area (Å²) in [5.74, 6) is 0. The normalized spacial score (nSPS) is 13.2. The fraction of sp³-hybridized carbons (Fsp3) is 0.100. The van der Waals surface area contributed by atoms with E-state index in [1.54, 1.807) is 24.3 Å². The van der Waals surface area contributed by atoms with E-state index in [-0.39, 0.29) is 35.6 Å². The number of benzene rings is 2. The van der Waals surface area contributed by atoms with Crippen molar-refractivity contribution < 1.29 is 31.1 Å². The zero-order valence-corrected chi connectivity index (χ0v) is 21.1. The highest BCUT2D eigenvalue weighted by atomic mass is 35.5. The number of para-hydroxylation sites is 1. The van der Waals surface area contributed by atoms with Crippen LogP contribution in [0.15, 0.2) is 69.0 Å². The van der Waals surface area contributed by atoms with Crippen LogP contribution < -0.4 is 9.44 Å². The van der Waals surface area contributed by atoms with E-state index in [2.05, 4.69) is 9.44 Å². The molecule has 14 heteroatoms. The van der Waals surface area contributed by atoms with E-state index in [0.717, 1.165) is 17.4 Å². The lowest BCUT2D eigenvalue weighted by molar-refractivity contribution is -0.0760. The van der Waals surface area contributed by atoms with Crippen molar-refractivity contribution in [3.8, 4) is 0 Å². The van der Waals surface area contributed by atoms with Crippen LogP contribution in [0.25, 0.3) is 11.0 Å². The van der Waals surface area contributed by atoms with Crippen molar-refractivity contribution in [2.24, 2.45) is 0 Å². The molecule has 0 saturated carbocycles. The Labute approximate surface area is 209 Å². The fourth-order valence-electron chi connectivity index (χ4n) is 3.02. The maximum absolute atomic E-state index is 13.1. The molecule has 2 aromatic heterocycles. The van der Waals surface area contributed by atoms with Gasteiger partial charge in [-0.1, -0.05) is 41.4 Å². The number of hydrogen-bond donors (Lipinski definition) is 3. The molecule has 2 heterocycles. The second-order valence-electron chi connectivity index (χ2n) is 6.87. The largest absolute Gasteiger partial charge is 0.443 e. The first-order valence-corrected chi connectivity index (χ1v) is 13.9. The number of nitrogens with one attached hydrogen (secondary N) is 2. The molecule has 34 heavy (non-hydrogen) atoms. The molecule has 0 radical (unpaired) electrons. The van der Waals surface area contributed by atoms with E-state index in [4.69, 9.17) is 32.4 Å². The van der Waals surface area contributed by atoms with Gasteiger partial charge in [-0.15, -0.1) is 11.3 Å². The number of aliphatic hydroxyl groups excluding tert-OH is 1. The summed E-state index contributed by atoms with van der Waals surface area (Å²) in [5.41, 5.74) is 0.101. The Kier molecular flexibility index (Phi) is 6.84. The highest BCUT2D eigenvalue weighted by molar-refractivity contribution is 7.93. The number of furan rings is 1. The van der Waals surface area contributed by atoms with Crippen molar-refractivity contribution in [1.29, 1.82) is 0 Å². The summed E-state index contributed by atoms with van der Waals surface area (Å²) < 4.78 is 67.1. The number of sulfonamides is 2. The summed E-state index contributed by atoms with van der Waals surface area (Å²) >= 11 is 12.8. The summed E-state index contributed by atoms with van der Waals surface area (Å²) in [5, 5.41) is 10.4. The van der Waals surface area contributed by atoms with Gasteiger partial charge in [-0.25, -0.2) is 8.42 Å². The monoisotopic (exact) mass is 562 g/mol. The van der Waals surface area contributed by atoms with Gasteiger partial charge in [0.25, 0.3) is 20.0 Å². The number of halogens is 2. The molecule has 0 aliphatic carbocycles. The Morgan fingerprint density at radius 2 is 1.68 bits per heavy atom. The van der Waals surface area contributed by atoms with E-state index in [9.17, 15) is 21.9 Å². The average molecular weight is 563 g/mol. The van der Waals surface area contributed by atoms with Gasteiger partial charge >= 0.3 is 0 Å². The van der Waals surface area contributed by atoms with Crippen LogP contribution >= 0.6 is 34.5 Å². The summed E-state index contributed by atoms with van der Waals surface area (Å²) in [7, 11) is -7.36. The van der Waals surface area contributed by atoms with Crippen LogP contribution in [0.5, 0.6) is 0 Å². The molecule has 4 rings (SSSR count). The first-order chi connectivity index (χ1) is 16.0. The van der Waals surface area contributed by atoms with E-state index in [1.165, 1.54) is 31.4 Å². The van der Waals surface area contributed by atoms with Gasteiger partial charge in [0.15, 0.2) is 6.29 Å². The van der Waals surface area contributed by atoms with Gasteiger partial charge in [0.1, 0.15) is 10.5 Å². The van der Waals surface area contributed by atoms with Gasteiger partial charge in [0.2, 0.25) is 5.09 Å². The highest BCUT2D eigenvalue weighted by Gasteiger charge is 2.28. The molecule has 9 nitrogen and oxygen atoms in total. The minimum atomic E-state index is -4.32. The number of hydrogen-bond acceptors (Lipinski definition) is 8. The van der Waals surface area contributed by atoms with Gasteiger partial charge in [0, 0.05) is 23.6 Å². The third-order valence-electron chi connectivity index (χ3n) is 4.57. The lowest BCUT2D eigenvalue weighted by Gasteiger charge is -2.15. The number of rotatable bonds is 8. The Balaban J connectivity index is 1.70. The molecule has 0 bridgehead atoms. The van der Waals surface area contributed by atoms with E-state index in [0.29, 0.717) is 11.0 Å². The molecule has 0 aliphatic rings. The van der Waals surface area contributed by atoms with E-state index < -0.39 is 26.3 Å². The zero-order chi connectivity index (χ0) is 24.7. The van der Waals surface area contributed by atoms with E-state index in [1.807, 2.05) is 0 Å². The fourth-order valence-corrected chi connectivity index (χ4v) is 7.15. The average Bonchev–Trinajstić information content (AvgIpc) is 3.39. The summed E-state index contributed by atoms with van der Waals surface area (Å²) in [6.07, 6.45) is -1.53. The van der Waals surface area contributed by atoms with Crippen LogP contribution in [0, 0.1) is 0 Å². The van der Waals surface area contributed by atoms with Gasteiger partial charge in [-0.3, -0.25) is 9.44 Å². The number of anilines is 2. The van der Waals surface area contributed by atoms with Gasteiger partial charge in [-0.2, -0.15) is 8.42 Å². The molecule has 0 spiro atoms. The predicted octanol–water partition coefficient (Wildman–Crippen LogP) is 5.04. The summed E-state index contributed by atoms with van der Waals surface area (Å²) in [4.78, 5) is -0.365. The van der Waals surface area contributed by atoms with Crippen molar-refractivity contribution in [1.82, 2.24) is 0 Å². The molecule has 2 aromatic carbocycles. The van der Waals surface area contributed by atoms with Crippen LogP contribution in [-0.4, -0.2) is 29.1 Å². The third kappa shape index (κ3) is 5.03. The number of ether oxygens (including phenoxy) is 1. The minimum Gasteiger partial charge on any atom is -0.443 e. The Bertz CT molecular complexity index is 1550. The van der Waals surface area contributed by atoms with Crippen molar-refractivity contribution in [2.45, 2.75) is 16.3 Å². The maximum atomic E-state index is 13.1. The lowest BCUT2D eigenvalue weighted by atomic mass is 10.3. The van der Waals surface area contributed by atoms with Crippen molar-refractivity contribution >= 4 is 76.9 Å². The standard InChI is InChI=1S/C20H16Cl2N2O7S3/c1-30-20(25)19-16(10-17(22)32-19)33(26,27)23-13-7-6-12(21)9-14(13)24-34(28,29)18-8-11-4-2-3-5-15(11)31-18/h2-10,20,23-25H,1H3. The topological polar surface area (TPSA) is 135 Å². The second kappa shape index (κ2) is 9.38. The molecule has 0 amide bonds. The molecule has 4 aromatic rings. The molecule has 3 N–H and O–H groups in total. The Morgan fingerprint density at radius 1 is 0.971 bits per heavy atom. The van der Waals surface area contributed by atoms with Crippen LogP contribution in [0.1, 0.15) is 11.2 Å². The van der Waals surface area contributed by atoms with Crippen LogP contribution in [0.4, 0.5) is 11.4 Å². The number of fused-ring (bicyclic) bond motifs is 1. The predicted molar refractivity (Wildman–Crippen MR) is 131 cm³/mol. The summed E-state index contributed by atoms with van der Waals surface area (Å²) in [6, 6.07) is 13.1. The molecular weight excluding hydrogens is 547 g/mol. The van der Waals surface area contributed by atoms with Crippen molar-refractivity contribution in [2.75, 3.05) is 16.6 Å². The first-order valence-electron chi connectivity index (χ1n) is 9.34. The molecule has 180 valence electrons. The number of thiophene rings is 1. The minimum absolute atomic E-state index is 0.0432. The molecule has 1 atom stereocenters. The molecular formula is C20H16Cl2N2O7S3. The number of methoxy groups -OCH3 is 1. The van der Waals surface area contributed by atoms with Crippen molar-refractivity contribution in [3.63, 3.8) is 0 Å². The quantitative estimate of drug-likeness (QED) is 0.256. The van der Waals surface area contributed by atoms with Crippen LogP contribution in [-0.2, 0) is 24.8 Å². The zero-order valence-electron chi connectivity index (χ0n) is 17.2.